The van der Waals surface area contributed by atoms with Crippen LogP contribution in [0, 0.1) is 0 Å². The molecule has 1 aromatic heterocycles. The standard InChI is InChI=1S/C21H25N3O3/c25-21(23-14-16-7-10-19-20(13-16)27-15-26-19)24-12-4-2-6-18(24)9-8-17-5-1-3-11-22-17/h1,3,5,7,10-11,13,18H,2,4,6,8-9,12,14-15H2,(H,23,25). The number of hydrogen-bond acceptors (Lipinski definition) is 4. The van der Waals surface area contributed by atoms with Gasteiger partial charge in [-0.15, -0.1) is 0 Å². The molecule has 2 amide bonds. The third kappa shape index (κ3) is 4.32. The molecule has 1 aromatic carbocycles. The van der Waals surface area contributed by atoms with Crippen molar-refractivity contribution < 1.29 is 14.3 Å². The third-order valence-electron chi connectivity index (χ3n) is 5.23. The lowest BCUT2D eigenvalue weighted by molar-refractivity contribution is 0.146. The monoisotopic (exact) mass is 367 g/mol. The lowest BCUT2D eigenvalue weighted by atomic mass is 9.97. The van der Waals surface area contributed by atoms with Gasteiger partial charge in [-0.1, -0.05) is 12.1 Å². The van der Waals surface area contributed by atoms with Crippen LogP contribution >= 0.6 is 0 Å². The Kier molecular flexibility index (Phi) is 5.42. The number of aryl methyl sites for hydroxylation is 1. The predicted octanol–water partition coefficient (Wildman–Crippen LogP) is 3.51. The molecule has 0 spiro atoms. The number of nitrogens with one attached hydrogen (secondary N) is 1. The Bertz CT molecular complexity index is 781. The Morgan fingerprint density at radius 2 is 2.11 bits per heavy atom. The summed E-state index contributed by atoms with van der Waals surface area (Å²) in [5, 5.41) is 3.06. The van der Waals surface area contributed by atoms with Crippen molar-refractivity contribution >= 4 is 6.03 Å². The first-order valence-electron chi connectivity index (χ1n) is 9.62. The summed E-state index contributed by atoms with van der Waals surface area (Å²) in [5.41, 5.74) is 2.10. The number of ether oxygens (including phenoxy) is 2. The first-order chi connectivity index (χ1) is 13.3. The van der Waals surface area contributed by atoms with Gasteiger partial charge in [0, 0.05) is 31.0 Å². The number of carbonyl (C=O) groups excluding carboxylic acids is 1. The second-order valence-corrected chi connectivity index (χ2v) is 7.05. The van der Waals surface area contributed by atoms with Gasteiger partial charge in [-0.05, 0) is 61.9 Å². The van der Waals surface area contributed by atoms with Crippen molar-refractivity contribution in [2.75, 3.05) is 13.3 Å². The van der Waals surface area contributed by atoms with Crippen molar-refractivity contribution in [3.63, 3.8) is 0 Å². The largest absolute Gasteiger partial charge is 0.454 e. The molecule has 2 aliphatic rings. The number of aromatic nitrogens is 1. The minimum absolute atomic E-state index is 0.0124. The molecule has 2 aromatic rings. The Hall–Kier alpha value is -2.76. The molecule has 142 valence electrons. The van der Waals surface area contributed by atoms with Gasteiger partial charge in [-0.25, -0.2) is 4.79 Å². The number of rotatable bonds is 5. The summed E-state index contributed by atoms with van der Waals surface area (Å²) in [5.74, 6) is 1.50. The van der Waals surface area contributed by atoms with E-state index >= 15 is 0 Å². The quantitative estimate of drug-likeness (QED) is 0.878. The molecule has 27 heavy (non-hydrogen) atoms. The van der Waals surface area contributed by atoms with Crippen LogP contribution in [-0.2, 0) is 13.0 Å². The highest BCUT2D eigenvalue weighted by Gasteiger charge is 2.26. The summed E-state index contributed by atoms with van der Waals surface area (Å²) in [7, 11) is 0. The fourth-order valence-corrected chi connectivity index (χ4v) is 3.76. The molecule has 0 saturated carbocycles. The van der Waals surface area contributed by atoms with Gasteiger partial charge in [0.1, 0.15) is 0 Å². The molecule has 1 saturated heterocycles. The summed E-state index contributed by atoms with van der Waals surface area (Å²) in [6.45, 7) is 1.57. The average Bonchev–Trinajstić information content (AvgIpc) is 3.19. The molecular formula is C21H25N3O3. The Balaban J connectivity index is 1.33. The Morgan fingerprint density at radius 3 is 3.00 bits per heavy atom. The molecule has 1 unspecified atom stereocenters. The normalized spacial score (nSPS) is 18.4. The maximum absolute atomic E-state index is 12.8. The minimum atomic E-state index is 0.0124. The molecule has 6 nitrogen and oxygen atoms in total. The van der Waals surface area contributed by atoms with E-state index in [1.54, 1.807) is 0 Å². The SMILES string of the molecule is O=C(NCc1ccc2c(c1)OCO2)N1CCCCC1CCc1ccccn1. The summed E-state index contributed by atoms with van der Waals surface area (Å²) < 4.78 is 10.7. The number of pyridine rings is 1. The van der Waals surface area contributed by atoms with E-state index in [0.29, 0.717) is 6.54 Å². The van der Waals surface area contributed by atoms with Crippen molar-refractivity contribution in [1.29, 1.82) is 0 Å². The second kappa shape index (κ2) is 8.29. The zero-order valence-electron chi connectivity index (χ0n) is 15.4. The van der Waals surface area contributed by atoms with Gasteiger partial charge in [0.25, 0.3) is 0 Å². The second-order valence-electron chi connectivity index (χ2n) is 7.05. The highest BCUT2D eigenvalue weighted by Crippen LogP contribution is 2.32. The van der Waals surface area contributed by atoms with E-state index in [-0.39, 0.29) is 18.9 Å². The first-order valence-corrected chi connectivity index (χ1v) is 9.62. The molecule has 1 fully saturated rings. The van der Waals surface area contributed by atoms with E-state index < -0.39 is 0 Å². The van der Waals surface area contributed by atoms with E-state index in [0.717, 1.165) is 55.0 Å². The Morgan fingerprint density at radius 1 is 1.19 bits per heavy atom. The van der Waals surface area contributed by atoms with E-state index in [1.165, 1.54) is 6.42 Å². The maximum Gasteiger partial charge on any atom is 0.317 e. The van der Waals surface area contributed by atoms with Crippen molar-refractivity contribution in [2.45, 2.75) is 44.7 Å². The Labute approximate surface area is 159 Å². The highest BCUT2D eigenvalue weighted by atomic mass is 16.7. The molecule has 1 atom stereocenters. The average molecular weight is 367 g/mol. The molecule has 3 heterocycles. The van der Waals surface area contributed by atoms with Gasteiger partial charge in [0.15, 0.2) is 11.5 Å². The van der Waals surface area contributed by atoms with Gasteiger partial charge in [0.05, 0.1) is 0 Å². The molecular weight excluding hydrogens is 342 g/mol. The number of nitrogens with zero attached hydrogens (tertiary/aromatic N) is 2. The van der Waals surface area contributed by atoms with Gasteiger partial charge < -0.3 is 19.7 Å². The molecule has 1 N–H and O–H groups in total. The first kappa shape index (κ1) is 17.6. The lowest BCUT2D eigenvalue weighted by Crippen LogP contribution is -2.48. The fourth-order valence-electron chi connectivity index (χ4n) is 3.76. The predicted molar refractivity (Wildman–Crippen MR) is 102 cm³/mol. The number of amides is 2. The number of carbonyl (C=O) groups is 1. The van der Waals surface area contributed by atoms with Crippen LogP contribution in [-0.4, -0.2) is 35.3 Å². The summed E-state index contributed by atoms with van der Waals surface area (Å²) in [4.78, 5) is 19.2. The van der Waals surface area contributed by atoms with Gasteiger partial charge >= 0.3 is 6.03 Å². The van der Waals surface area contributed by atoms with Crippen LogP contribution in [0.1, 0.15) is 36.9 Å². The van der Waals surface area contributed by atoms with E-state index in [1.807, 2.05) is 47.5 Å². The van der Waals surface area contributed by atoms with Gasteiger partial charge in [-0.3, -0.25) is 4.98 Å². The number of likely N-dealkylation sites (tertiary alicyclic amines) is 1. The zero-order chi connectivity index (χ0) is 18.5. The summed E-state index contributed by atoms with van der Waals surface area (Å²) in [6.07, 6.45) is 6.98. The van der Waals surface area contributed by atoms with Crippen molar-refractivity contribution in [3.8, 4) is 11.5 Å². The molecule has 2 aliphatic heterocycles. The third-order valence-corrected chi connectivity index (χ3v) is 5.23. The number of hydrogen-bond donors (Lipinski definition) is 1. The van der Waals surface area contributed by atoms with Crippen LogP contribution in [0.25, 0.3) is 0 Å². The van der Waals surface area contributed by atoms with Crippen LogP contribution in [0.2, 0.25) is 0 Å². The smallest absolute Gasteiger partial charge is 0.317 e. The van der Waals surface area contributed by atoms with Crippen LogP contribution in [0.5, 0.6) is 11.5 Å². The number of piperidine rings is 1. The molecule has 4 rings (SSSR count). The molecule has 0 bridgehead atoms. The summed E-state index contributed by atoms with van der Waals surface area (Å²) in [6, 6.07) is 12.1. The topological polar surface area (TPSA) is 63.7 Å². The van der Waals surface area contributed by atoms with Crippen LogP contribution < -0.4 is 14.8 Å². The van der Waals surface area contributed by atoms with Crippen LogP contribution in [0.4, 0.5) is 4.79 Å². The molecule has 6 heteroatoms. The molecule has 0 aliphatic carbocycles. The van der Waals surface area contributed by atoms with Gasteiger partial charge in [-0.2, -0.15) is 0 Å². The van der Waals surface area contributed by atoms with Crippen molar-refractivity contribution in [2.24, 2.45) is 0 Å². The van der Waals surface area contributed by atoms with Crippen LogP contribution in [0.15, 0.2) is 42.6 Å². The van der Waals surface area contributed by atoms with E-state index in [2.05, 4.69) is 10.3 Å². The number of benzene rings is 1. The minimum Gasteiger partial charge on any atom is -0.454 e. The lowest BCUT2D eigenvalue weighted by Gasteiger charge is -2.35. The molecule has 0 radical (unpaired) electrons. The zero-order valence-corrected chi connectivity index (χ0v) is 15.4. The summed E-state index contributed by atoms with van der Waals surface area (Å²) >= 11 is 0. The number of fused-ring (bicyclic) bond motifs is 1. The maximum atomic E-state index is 12.8. The number of urea groups is 1. The highest BCUT2D eigenvalue weighted by molar-refractivity contribution is 5.74. The fraction of sp³-hybridized carbons (Fsp3) is 0.429. The van der Waals surface area contributed by atoms with Crippen molar-refractivity contribution in [1.82, 2.24) is 15.2 Å². The van der Waals surface area contributed by atoms with Crippen molar-refractivity contribution in [3.05, 3.63) is 53.9 Å². The van der Waals surface area contributed by atoms with E-state index in [4.69, 9.17) is 9.47 Å². The van der Waals surface area contributed by atoms with Crippen LogP contribution in [0.3, 0.4) is 0 Å². The van der Waals surface area contributed by atoms with Gasteiger partial charge in [0.2, 0.25) is 6.79 Å². The van der Waals surface area contributed by atoms with E-state index in [9.17, 15) is 4.79 Å².